The first-order valence-electron chi connectivity index (χ1n) is 20.8. The summed E-state index contributed by atoms with van der Waals surface area (Å²) in [6.07, 6.45) is 23.3. The van der Waals surface area contributed by atoms with Crippen molar-refractivity contribution in [3.05, 3.63) is 12.2 Å². The van der Waals surface area contributed by atoms with Crippen LogP contribution in [-0.2, 0) is 23.9 Å². The van der Waals surface area contributed by atoms with E-state index >= 15 is 0 Å². The van der Waals surface area contributed by atoms with E-state index in [1.54, 1.807) is 12.2 Å². The minimum Gasteiger partial charge on any atom is -0.462 e. The first kappa shape index (κ1) is 47.2. The highest BCUT2D eigenvalue weighted by Crippen LogP contribution is 2.36. The fourth-order valence-corrected chi connectivity index (χ4v) is 6.97. The molecule has 0 amide bonds. The number of Topliss-reactive ketones (excluding diaryl/α,β-unsaturated/α-hetero) is 1. The predicted molar refractivity (Wildman–Crippen MR) is 203 cm³/mol. The molecule has 0 aromatic carbocycles. The average Bonchev–Trinajstić information content (AvgIpc) is 3.36. The number of carbonyl (C=O) groups excluding carboxylic acids is 3. The quantitative estimate of drug-likeness (QED) is 0.0298. The van der Waals surface area contributed by atoms with Gasteiger partial charge in [0.05, 0.1) is 24.9 Å². The molecule has 0 bridgehead atoms. The molecule has 6 atom stereocenters. The molecule has 1 fully saturated rings. The lowest BCUT2D eigenvalue weighted by atomic mass is 9.87. The van der Waals surface area contributed by atoms with Gasteiger partial charge in [-0.05, 0) is 31.6 Å². The van der Waals surface area contributed by atoms with Gasteiger partial charge in [0.25, 0.3) is 0 Å². The second kappa shape index (κ2) is 30.6. The van der Waals surface area contributed by atoms with Crippen molar-refractivity contribution in [2.75, 3.05) is 13.2 Å². The van der Waals surface area contributed by atoms with E-state index in [1.165, 1.54) is 70.6 Å². The maximum absolute atomic E-state index is 12.7. The van der Waals surface area contributed by atoms with Gasteiger partial charge in [-0.2, -0.15) is 0 Å². The molecule has 1 saturated carbocycles. The molecule has 0 saturated heterocycles. The van der Waals surface area contributed by atoms with Crippen LogP contribution in [0.5, 0.6) is 0 Å². The van der Waals surface area contributed by atoms with Crippen molar-refractivity contribution in [1.82, 2.24) is 0 Å². The van der Waals surface area contributed by atoms with Crippen LogP contribution in [0.2, 0.25) is 0 Å². The summed E-state index contributed by atoms with van der Waals surface area (Å²) >= 11 is 0. The zero-order valence-electron chi connectivity index (χ0n) is 32.6. The van der Waals surface area contributed by atoms with Crippen molar-refractivity contribution in [2.45, 2.75) is 206 Å². The number of hydrogen-bond donors (Lipinski definition) is 4. The van der Waals surface area contributed by atoms with Gasteiger partial charge in [-0.15, -0.1) is 0 Å². The van der Waals surface area contributed by atoms with Gasteiger partial charge in [0.15, 0.2) is 6.10 Å². The Bertz CT molecular complexity index is 920. The minimum absolute atomic E-state index is 0.0421. The van der Waals surface area contributed by atoms with Gasteiger partial charge >= 0.3 is 11.9 Å². The zero-order valence-corrected chi connectivity index (χ0v) is 32.6. The van der Waals surface area contributed by atoms with Gasteiger partial charge < -0.3 is 29.9 Å². The average molecular weight is 725 g/mol. The van der Waals surface area contributed by atoms with Crippen molar-refractivity contribution < 1.29 is 44.3 Å². The second-order valence-corrected chi connectivity index (χ2v) is 15.5. The molecule has 1 aliphatic carbocycles. The normalized spacial score (nSPS) is 20.2. The van der Waals surface area contributed by atoms with Crippen LogP contribution >= 0.6 is 0 Å². The number of carbonyl (C=O) groups is 3. The van der Waals surface area contributed by atoms with Crippen LogP contribution in [0.4, 0.5) is 0 Å². The summed E-state index contributed by atoms with van der Waals surface area (Å²) in [7, 11) is 0. The van der Waals surface area contributed by atoms with Gasteiger partial charge in [0, 0.05) is 43.9 Å². The number of aliphatic hydroxyl groups excluding tert-OH is 4. The van der Waals surface area contributed by atoms with Gasteiger partial charge in [-0.3, -0.25) is 14.4 Å². The molecule has 1 aliphatic rings. The lowest BCUT2D eigenvalue weighted by Gasteiger charge is -2.20. The molecule has 1 rings (SSSR count). The van der Waals surface area contributed by atoms with Crippen LogP contribution in [-0.4, -0.2) is 75.8 Å². The lowest BCUT2D eigenvalue weighted by molar-refractivity contribution is -0.161. The third-order valence-electron chi connectivity index (χ3n) is 10.2. The molecule has 9 heteroatoms. The van der Waals surface area contributed by atoms with Crippen molar-refractivity contribution in [1.29, 1.82) is 0 Å². The van der Waals surface area contributed by atoms with Crippen LogP contribution in [0, 0.1) is 17.8 Å². The molecule has 0 spiro atoms. The molecule has 0 aliphatic heterocycles. The highest BCUT2D eigenvalue weighted by molar-refractivity contribution is 5.79. The number of aliphatic hydroxyl groups is 4. The molecule has 0 unspecified atom stereocenters. The third-order valence-corrected chi connectivity index (χ3v) is 10.2. The molecular formula is C42H76O9. The Kier molecular flexibility index (Phi) is 28.4. The predicted octanol–water partition coefficient (Wildman–Crippen LogP) is 8.32. The van der Waals surface area contributed by atoms with Gasteiger partial charge in [0.1, 0.15) is 12.4 Å². The number of unbranched alkanes of at least 4 members (excludes halogenated alkanes) is 15. The standard InChI is InChI=1S/C42H76O9/c1-4-5-17-23-34(44)27-28-37-38(40(47)30-39(37)46)29-35(45)24-20-21-25-41(48)50-32-36(31-43)51-42(49)26-19-16-14-12-10-8-6-7-9-11-13-15-18-22-33(2)3/h27-28,33-34,36-40,43-44,46-47H,4-26,29-32H2,1-3H3/b28-27+/t34-,36-,37+,38+,39+,40-/m0/s1. The molecule has 51 heavy (non-hydrogen) atoms. The number of ketones is 1. The van der Waals surface area contributed by atoms with E-state index in [1.807, 2.05) is 0 Å². The largest absolute Gasteiger partial charge is 0.462 e. The lowest BCUT2D eigenvalue weighted by Crippen LogP contribution is -2.28. The number of esters is 2. The topological polar surface area (TPSA) is 151 Å². The maximum atomic E-state index is 12.7. The first-order valence-corrected chi connectivity index (χ1v) is 20.8. The van der Waals surface area contributed by atoms with Crippen molar-refractivity contribution >= 4 is 17.7 Å². The minimum atomic E-state index is -0.893. The summed E-state index contributed by atoms with van der Waals surface area (Å²) in [5, 5.41) is 40.7. The monoisotopic (exact) mass is 725 g/mol. The van der Waals surface area contributed by atoms with Crippen molar-refractivity contribution in [3.8, 4) is 0 Å². The van der Waals surface area contributed by atoms with Crippen molar-refractivity contribution in [3.63, 3.8) is 0 Å². The molecule has 4 N–H and O–H groups in total. The summed E-state index contributed by atoms with van der Waals surface area (Å²) < 4.78 is 10.5. The van der Waals surface area contributed by atoms with Gasteiger partial charge in [-0.1, -0.05) is 136 Å². The molecule has 0 radical (unpaired) electrons. The van der Waals surface area contributed by atoms with Crippen LogP contribution in [0.25, 0.3) is 0 Å². The fraction of sp³-hybridized carbons (Fsp3) is 0.881. The highest BCUT2D eigenvalue weighted by atomic mass is 16.6. The SMILES string of the molecule is CCCCC[C@H](O)/C=C/[C@@H]1[C@@H](CC(=O)CCCCC(=O)OC[C@H](CO)OC(=O)CCCCCCCCCCCCCCCC(C)C)[C@@H](O)C[C@H]1O. The van der Waals surface area contributed by atoms with E-state index in [0.717, 1.165) is 44.4 Å². The Morgan fingerprint density at radius 1 is 0.706 bits per heavy atom. The van der Waals surface area contributed by atoms with E-state index in [4.69, 9.17) is 9.47 Å². The van der Waals surface area contributed by atoms with E-state index in [0.29, 0.717) is 19.3 Å². The van der Waals surface area contributed by atoms with Gasteiger partial charge in [0.2, 0.25) is 0 Å². The van der Waals surface area contributed by atoms with Crippen LogP contribution < -0.4 is 0 Å². The maximum Gasteiger partial charge on any atom is 0.306 e. The smallest absolute Gasteiger partial charge is 0.306 e. The van der Waals surface area contributed by atoms with E-state index in [2.05, 4.69) is 20.8 Å². The summed E-state index contributed by atoms with van der Waals surface area (Å²) in [5.74, 6) is -0.884. The molecular weight excluding hydrogens is 648 g/mol. The summed E-state index contributed by atoms with van der Waals surface area (Å²) in [6.45, 7) is 6.06. The van der Waals surface area contributed by atoms with Crippen LogP contribution in [0.15, 0.2) is 12.2 Å². The first-order chi connectivity index (χ1) is 24.6. The Morgan fingerprint density at radius 2 is 1.24 bits per heavy atom. The number of ether oxygens (including phenoxy) is 2. The third kappa shape index (κ3) is 25.0. The van der Waals surface area contributed by atoms with E-state index in [9.17, 15) is 34.8 Å². The Hall–Kier alpha value is -1.81. The summed E-state index contributed by atoms with van der Waals surface area (Å²) in [5.41, 5.74) is 0. The second-order valence-electron chi connectivity index (χ2n) is 15.5. The van der Waals surface area contributed by atoms with Crippen LogP contribution in [0.3, 0.4) is 0 Å². The van der Waals surface area contributed by atoms with Gasteiger partial charge in [-0.25, -0.2) is 0 Å². The van der Waals surface area contributed by atoms with Crippen molar-refractivity contribution in [2.24, 2.45) is 17.8 Å². The van der Waals surface area contributed by atoms with Crippen LogP contribution in [0.1, 0.15) is 181 Å². The summed E-state index contributed by atoms with van der Waals surface area (Å²) in [4.78, 5) is 37.1. The molecule has 0 heterocycles. The number of hydrogen-bond acceptors (Lipinski definition) is 9. The van der Waals surface area contributed by atoms with E-state index < -0.39 is 48.9 Å². The van der Waals surface area contributed by atoms with E-state index in [-0.39, 0.29) is 50.4 Å². The fourth-order valence-electron chi connectivity index (χ4n) is 6.97. The zero-order chi connectivity index (χ0) is 37.7. The summed E-state index contributed by atoms with van der Waals surface area (Å²) in [6, 6.07) is 0. The Morgan fingerprint density at radius 3 is 1.82 bits per heavy atom. The molecule has 9 nitrogen and oxygen atoms in total. The Labute approximate surface area is 310 Å². The molecule has 0 aromatic heterocycles. The number of rotatable bonds is 33. The Balaban J connectivity index is 2.11. The molecule has 0 aromatic rings. The highest BCUT2D eigenvalue weighted by Gasteiger charge is 2.41. The molecule has 298 valence electrons.